The van der Waals surface area contributed by atoms with E-state index in [4.69, 9.17) is 10.5 Å². The van der Waals surface area contributed by atoms with Crippen molar-refractivity contribution in [2.24, 2.45) is 5.41 Å². The molecule has 0 bridgehead atoms. The molecule has 0 atom stereocenters. The summed E-state index contributed by atoms with van der Waals surface area (Å²) in [4.78, 5) is 2.19. The molecular formula is C17H27FN2O. The largest absolute Gasteiger partial charge is 0.491 e. The van der Waals surface area contributed by atoms with Crippen molar-refractivity contribution < 1.29 is 9.13 Å². The van der Waals surface area contributed by atoms with Gasteiger partial charge in [0, 0.05) is 25.2 Å². The number of hydrogen-bond donors (Lipinski definition) is 1. The van der Waals surface area contributed by atoms with E-state index in [1.54, 1.807) is 6.07 Å². The summed E-state index contributed by atoms with van der Waals surface area (Å²) in [6.07, 6.45) is 4.71. The minimum absolute atomic E-state index is 0.282. The number of hydrogen-bond acceptors (Lipinski definition) is 3. The van der Waals surface area contributed by atoms with E-state index in [1.807, 2.05) is 14.0 Å². The highest BCUT2D eigenvalue weighted by Crippen LogP contribution is 2.39. The SMILES string of the molecule is CCOc1cc(N(C)C2CCC(C)(C)CC2)c(N)cc1F. The van der Waals surface area contributed by atoms with E-state index in [1.165, 1.54) is 18.9 Å². The maximum absolute atomic E-state index is 13.8. The lowest BCUT2D eigenvalue weighted by molar-refractivity contribution is 0.222. The van der Waals surface area contributed by atoms with Crippen LogP contribution >= 0.6 is 0 Å². The minimum atomic E-state index is -0.392. The van der Waals surface area contributed by atoms with Crippen LogP contribution in [0.15, 0.2) is 12.1 Å². The summed E-state index contributed by atoms with van der Waals surface area (Å²) < 4.78 is 19.1. The molecule has 1 fully saturated rings. The third-order valence-corrected chi connectivity index (χ3v) is 4.62. The standard InChI is InChI=1S/C17H27FN2O/c1-5-21-16-11-15(14(19)10-13(16)18)20(4)12-6-8-17(2,3)9-7-12/h10-12H,5-9,19H2,1-4H3. The number of nitrogens with zero attached hydrogens (tertiary/aromatic N) is 1. The molecular weight excluding hydrogens is 267 g/mol. The zero-order chi connectivity index (χ0) is 15.6. The molecule has 118 valence electrons. The van der Waals surface area contributed by atoms with Crippen molar-refractivity contribution in [3.05, 3.63) is 17.9 Å². The van der Waals surface area contributed by atoms with E-state index in [-0.39, 0.29) is 5.75 Å². The minimum Gasteiger partial charge on any atom is -0.491 e. The third kappa shape index (κ3) is 3.60. The molecule has 0 heterocycles. The number of rotatable bonds is 4. The molecule has 1 saturated carbocycles. The van der Waals surface area contributed by atoms with Crippen LogP contribution in [0.25, 0.3) is 0 Å². The van der Waals surface area contributed by atoms with Crippen LogP contribution in [0.3, 0.4) is 0 Å². The van der Waals surface area contributed by atoms with E-state index < -0.39 is 5.82 Å². The van der Waals surface area contributed by atoms with Crippen LogP contribution in [0.4, 0.5) is 15.8 Å². The van der Waals surface area contributed by atoms with Gasteiger partial charge < -0.3 is 15.4 Å². The molecule has 3 nitrogen and oxygen atoms in total. The molecule has 0 aromatic heterocycles. The van der Waals surface area contributed by atoms with Crippen LogP contribution in [-0.4, -0.2) is 19.7 Å². The topological polar surface area (TPSA) is 38.5 Å². The summed E-state index contributed by atoms with van der Waals surface area (Å²) in [6.45, 7) is 6.94. The van der Waals surface area contributed by atoms with E-state index in [0.717, 1.165) is 18.5 Å². The Bertz CT molecular complexity index is 492. The Kier molecular flexibility index (Phi) is 4.64. The molecule has 1 aromatic carbocycles. The molecule has 21 heavy (non-hydrogen) atoms. The lowest BCUT2D eigenvalue weighted by atomic mass is 9.75. The van der Waals surface area contributed by atoms with Gasteiger partial charge in [0.15, 0.2) is 11.6 Å². The van der Waals surface area contributed by atoms with Gasteiger partial charge in [-0.2, -0.15) is 0 Å². The van der Waals surface area contributed by atoms with E-state index in [0.29, 0.717) is 23.8 Å². The Balaban J connectivity index is 2.19. The van der Waals surface area contributed by atoms with E-state index in [9.17, 15) is 4.39 Å². The Morgan fingerprint density at radius 2 is 1.95 bits per heavy atom. The molecule has 4 heteroatoms. The molecule has 0 spiro atoms. The predicted octanol–water partition coefficient (Wildman–Crippen LogP) is 4.21. The molecule has 0 unspecified atom stereocenters. The van der Waals surface area contributed by atoms with Crippen molar-refractivity contribution >= 4 is 11.4 Å². The van der Waals surface area contributed by atoms with Gasteiger partial charge in [0.2, 0.25) is 0 Å². The highest BCUT2D eigenvalue weighted by atomic mass is 19.1. The zero-order valence-electron chi connectivity index (χ0n) is 13.6. The predicted molar refractivity (Wildman–Crippen MR) is 86.4 cm³/mol. The van der Waals surface area contributed by atoms with Crippen LogP contribution in [0.2, 0.25) is 0 Å². The van der Waals surface area contributed by atoms with Gasteiger partial charge in [0.25, 0.3) is 0 Å². The van der Waals surface area contributed by atoms with Gasteiger partial charge >= 0.3 is 0 Å². The molecule has 0 saturated heterocycles. The first-order valence-electron chi connectivity index (χ1n) is 7.78. The molecule has 2 N–H and O–H groups in total. The molecule has 0 radical (unpaired) electrons. The highest BCUT2D eigenvalue weighted by Gasteiger charge is 2.29. The molecule has 0 aliphatic heterocycles. The first-order valence-corrected chi connectivity index (χ1v) is 7.78. The summed E-state index contributed by atoms with van der Waals surface area (Å²) in [5.41, 5.74) is 7.78. The van der Waals surface area contributed by atoms with Crippen molar-refractivity contribution in [2.75, 3.05) is 24.3 Å². The van der Waals surface area contributed by atoms with Gasteiger partial charge in [0.1, 0.15) is 0 Å². The Hall–Kier alpha value is -1.45. The van der Waals surface area contributed by atoms with Gasteiger partial charge in [-0.3, -0.25) is 0 Å². The fourth-order valence-electron chi connectivity index (χ4n) is 3.10. The van der Waals surface area contributed by atoms with Crippen molar-refractivity contribution in [3.63, 3.8) is 0 Å². The lowest BCUT2D eigenvalue weighted by Crippen LogP contribution is -2.37. The number of halogens is 1. The van der Waals surface area contributed by atoms with Gasteiger partial charge in [-0.15, -0.1) is 0 Å². The number of anilines is 2. The van der Waals surface area contributed by atoms with Crippen molar-refractivity contribution in [2.45, 2.75) is 52.5 Å². The Morgan fingerprint density at radius 1 is 1.33 bits per heavy atom. The maximum atomic E-state index is 13.8. The molecule has 1 aliphatic rings. The first kappa shape index (κ1) is 15.9. The summed E-state index contributed by atoms with van der Waals surface area (Å²) >= 11 is 0. The molecule has 2 rings (SSSR count). The normalized spacial score (nSPS) is 18.5. The number of ether oxygens (including phenoxy) is 1. The average Bonchev–Trinajstić information content (AvgIpc) is 2.41. The summed E-state index contributed by atoms with van der Waals surface area (Å²) in [5, 5.41) is 0. The quantitative estimate of drug-likeness (QED) is 0.845. The molecule has 1 aliphatic carbocycles. The van der Waals surface area contributed by atoms with Crippen LogP contribution in [0, 0.1) is 11.2 Å². The highest BCUT2D eigenvalue weighted by molar-refractivity contribution is 5.70. The lowest BCUT2D eigenvalue weighted by Gasteiger charge is -2.40. The average molecular weight is 294 g/mol. The second kappa shape index (κ2) is 6.12. The van der Waals surface area contributed by atoms with Gasteiger partial charge in [0.05, 0.1) is 18.0 Å². The first-order chi connectivity index (χ1) is 9.84. The molecule has 0 amide bonds. The van der Waals surface area contributed by atoms with Crippen LogP contribution in [0.1, 0.15) is 46.5 Å². The van der Waals surface area contributed by atoms with Crippen molar-refractivity contribution in [1.29, 1.82) is 0 Å². The van der Waals surface area contributed by atoms with E-state index in [2.05, 4.69) is 18.7 Å². The van der Waals surface area contributed by atoms with Crippen LogP contribution in [0.5, 0.6) is 5.75 Å². The van der Waals surface area contributed by atoms with Gasteiger partial charge in [-0.1, -0.05) is 13.8 Å². The summed E-state index contributed by atoms with van der Waals surface area (Å²) in [6, 6.07) is 3.55. The second-order valence-electron chi connectivity index (χ2n) is 6.78. The number of nitrogen functional groups attached to an aromatic ring is 1. The van der Waals surface area contributed by atoms with E-state index >= 15 is 0 Å². The van der Waals surface area contributed by atoms with Gasteiger partial charge in [-0.25, -0.2) is 4.39 Å². The Labute approximate surface area is 127 Å². The monoisotopic (exact) mass is 294 g/mol. The fourth-order valence-corrected chi connectivity index (χ4v) is 3.10. The van der Waals surface area contributed by atoms with Gasteiger partial charge in [-0.05, 0) is 38.0 Å². The zero-order valence-corrected chi connectivity index (χ0v) is 13.6. The smallest absolute Gasteiger partial charge is 0.167 e. The van der Waals surface area contributed by atoms with Crippen molar-refractivity contribution in [3.8, 4) is 5.75 Å². The second-order valence-corrected chi connectivity index (χ2v) is 6.78. The number of benzene rings is 1. The van der Waals surface area contributed by atoms with Crippen molar-refractivity contribution in [1.82, 2.24) is 0 Å². The maximum Gasteiger partial charge on any atom is 0.167 e. The molecule has 1 aromatic rings. The fraction of sp³-hybridized carbons (Fsp3) is 0.647. The Morgan fingerprint density at radius 3 is 2.52 bits per heavy atom. The number of nitrogens with two attached hydrogens (primary N) is 1. The van der Waals surface area contributed by atoms with Crippen LogP contribution < -0.4 is 15.4 Å². The summed E-state index contributed by atoms with van der Waals surface area (Å²) in [7, 11) is 2.04. The summed E-state index contributed by atoms with van der Waals surface area (Å²) in [5.74, 6) is -0.110. The van der Waals surface area contributed by atoms with Crippen LogP contribution in [-0.2, 0) is 0 Å². The third-order valence-electron chi connectivity index (χ3n) is 4.62.